The average Bonchev–Trinajstić information content (AvgIpc) is 3.12. The summed E-state index contributed by atoms with van der Waals surface area (Å²) in [4.78, 5) is 0. The third kappa shape index (κ3) is 14.8. The number of hydrogen-bond donors (Lipinski definition) is 0. The molecule has 6 aliphatic rings. The van der Waals surface area contributed by atoms with E-state index in [0.29, 0.717) is 0 Å². The molecule has 0 amide bonds. The van der Waals surface area contributed by atoms with Gasteiger partial charge in [-0.05, 0) is 154 Å². The van der Waals surface area contributed by atoms with Crippen LogP contribution in [0.25, 0.3) is 0 Å². The van der Waals surface area contributed by atoms with Gasteiger partial charge >= 0.3 is 63.0 Å². The van der Waals surface area contributed by atoms with Gasteiger partial charge in [0.05, 0.1) is 34.0 Å². The molecule has 0 atom stereocenters. The molecule has 0 aromatic rings. The van der Waals surface area contributed by atoms with Gasteiger partial charge in [0.15, 0.2) is 0 Å². The number of allylic oxidation sites excluding steroid dienone is 1. The van der Waals surface area contributed by atoms with Crippen molar-refractivity contribution in [1.82, 2.24) is 0 Å². The van der Waals surface area contributed by atoms with Crippen LogP contribution < -0.4 is 0 Å². The van der Waals surface area contributed by atoms with Gasteiger partial charge in [0.1, 0.15) is 0 Å². The molecule has 0 heterocycles. The summed E-state index contributed by atoms with van der Waals surface area (Å²) in [5, 5.41) is 0. The Hall–Kier alpha value is 1.71. The summed E-state index contributed by atoms with van der Waals surface area (Å²) in [5.74, 6) is 0. The molecule has 0 bridgehead atoms. The zero-order valence-electron chi connectivity index (χ0n) is 30.3. The Labute approximate surface area is 303 Å². The van der Waals surface area contributed by atoms with Crippen LogP contribution in [0.4, 0.5) is 0 Å². The minimum absolute atomic E-state index is 0.0465. The average molecular weight is 803 g/mol. The van der Waals surface area contributed by atoms with Gasteiger partial charge in [-0.1, -0.05) is 38.5 Å². The normalized spacial score (nSPS) is 25.6. The van der Waals surface area contributed by atoms with Crippen LogP contribution in [0.5, 0.6) is 0 Å². The maximum atomic E-state index is 5.48. The summed E-state index contributed by atoms with van der Waals surface area (Å²) in [6.07, 6.45) is 51.7. The summed E-state index contributed by atoms with van der Waals surface area (Å²) in [5.41, 5.74) is 7.36. The molecule has 0 aliphatic heterocycles. The van der Waals surface area contributed by atoms with E-state index in [1.54, 1.807) is 193 Å². The van der Waals surface area contributed by atoms with Crippen LogP contribution >= 0.6 is 35.2 Å². The zero-order chi connectivity index (χ0) is 32.2. The molecular weight excluding hydrogens is 726 g/mol. The summed E-state index contributed by atoms with van der Waals surface area (Å²) < 4.78 is 2.90. The van der Waals surface area contributed by atoms with Crippen molar-refractivity contribution in [3.05, 3.63) is 6.08 Å². The number of rotatable bonds is 8. The van der Waals surface area contributed by atoms with Crippen LogP contribution in [-0.2, 0) is 13.5 Å². The van der Waals surface area contributed by atoms with E-state index in [1.807, 2.05) is 6.08 Å². The van der Waals surface area contributed by atoms with Crippen molar-refractivity contribution in [2.24, 2.45) is 0 Å². The Morgan fingerprint density at radius 1 is 0.435 bits per heavy atom. The van der Waals surface area contributed by atoms with Crippen LogP contribution in [-0.4, -0.2) is 38.2 Å². The fourth-order valence-corrected chi connectivity index (χ4v) is 22.5. The molecule has 5 heteroatoms. The zero-order valence-corrected chi connectivity index (χ0v) is 35.5. The fraction of sp³-hybridized carbons (Fsp3) is 0.951. The molecule has 6 saturated carbocycles. The van der Waals surface area contributed by atoms with Crippen LogP contribution in [0.3, 0.4) is 0 Å². The molecule has 0 spiro atoms. The standard InChI is InChI=1S/2C18H33P.C5H8.2ClH.Ru/c2*1-4-10-16(11-5-1)19(17-12-6-2-7-13-17)18-14-8-3-9-15-18;1-3-5-4-2;;;/h2*16-18H,1-15H2;4H,3,5H2,1H3;2*1H;/q;;;;;+2. The first-order valence-electron chi connectivity index (χ1n) is 21.0. The van der Waals surface area contributed by atoms with Gasteiger partial charge in [-0.15, -0.1) is 0 Å². The molecule has 0 radical (unpaired) electrons. The Bertz CT molecular complexity index is 680. The molecule has 6 rings (SSSR count). The molecule has 6 aliphatic carbocycles. The Kier molecular flexibility index (Phi) is 21.8. The molecule has 0 N–H and O–H groups in total. The van der Waals surface area contributed by atoms with Gasteiger partial charge in [-0.3, -0.25) is 0 Å². The number of hydrogen-bond acceptors (Lipinski definition) is 0. The predicted octanol–water partition coefficient (Wildman–Crippen LogP) is 15.1. The van der Waals surface area contributed by atoms with E-state index in [-0.39, 0.29) is 15.8 Å². The molecule has 0 saturated heterocycles. The first kappa shape index (κ1) is 40.5. The van der Waals surface area contributed by atoms with Crippen molar-refractivity contribution in [2.45, 2.75) is 246 Å². The van der Waals surface area contributed by atoms with E-state index < -0.39 is 13.5 Å². The summed E-state index contributed by atoms with van der Waals surface area (Å²) in [7, 11) is 10.9. The number of unbranched alkanes of at least 4 members (excludes halogenated alkanes) is 1. The van der Waals surface area contributed by atoms with Crippen LogP contribution in [0.15, 0.2) is 6.08 Å². The van der Waals surface area contributed by atoms with Crippen LogP contribution in [0.2, 0.25) is 0 Å². The first-order valence-corrected chi connectivity index (χ1v) is 29.8. The van der Waals surface area contributed by atoms with Crippen LogP contribution in [0, 0.1) is 0 Å². The molecule has 0 unspecified atom stereocenters. The van der Waals surface area contributed by atoms with Gasteiger partial charge in [0.25, 0.3) is 0 Å². The van der Waals surface area contributed by atoms with Crippen molar-refractivity contribution in [1.29, 1.82) is 0 Å². The molecule has 0 nitrogen and oxygen atoms in total. The first-order chi connectivity index (χ1) is 22.7. The number of halogens is 2. The van der Waals surface area contributed by atoms with E-state index in [0.717, 1.165) is 12.8 Å². The third-order valence-electron chi connectivity index (χ3n) is 13.0. The van der Waals surface area contributed by atoms with Crippen LogP contribution in [0.1, 0.15) is 212 Å². The quantitative estimate of drug-likeness (QED) is 0.169. The monoisotopic (exact) mass is 802 g/mol. The second kappa shape index (κ2) is 24.8. The summed E-state index contributed by atoms with van der Waals surface area (Å²) >= 11 is -1.60. The molecule has 0 aromatic heterocycles. The van der Waals surface area contributed by atoms with Gasteiger partial charge in [-0.2, -0.15) is 0 Å². The van der Waals surface area contributed by atoms with Crippen molar-refractivity contribution >= 4 is 39.5 Å². The second-order valence-corrected chi connectivity index (χ2v) is 28.6. The van der Waals surface area contributed by atoms with E-state index in [9.17, 15) is 0 Å². The SMILES string of the molecule is C1CCC([PH+](C2CCCCC2)C2CCCCC2)CC1.C1CCC([PH+](C2CCCCC2)C2CCCCC2)CC1.CCCC=[C]=[Ru]([Cl])[Cl]. The third-order valence-corrected chi connectivity index (χ3v) is 23.8. The maximum absolute atomic E-state index is 5.48. The molecule has 46 heavy (non-hydrogen) atoms. The second-order valence-electron chi connectivity index (χ2n) is 16.3. The molecule has 270 valence electrons. The van der Waals surface area contributed by atoms with Crippen molar-refractivity contribution < 1.29 is 13.5 Å². The van der Waals surface area contributed by atoms with Crippen molar-refractivity contribution in [2.75, 3.05) is 0 Å². The van der Waals surface area contributed by atoms with Gasteiger partial charge < -0.3 is 0 Å². The van der Waals surface area contributed by atoms with E-state index >= 15 is 0 Å². The van der Waals surface area contributed by atoms with Crippen molar-refractivity contribution in [3.63, 3.8) is 0 Å². The van der Waals surface area contributed by atoms with E-state index in [4.69, 9.17) is 19.4 Å². The Balaban J connectivity index is 0.000000170. The topological polar surface area (TPSA) is 0 Å². The predicted molar refractivity (Wildman–Crippen MR) is 214 cm³/mol. The summed E-state index contributed by atoms with van der Waals surface area (Å²) in [6, 6.07) is 0. The Morgan fingerprint density at radius 2 is 0.652 bits per heavy atom. The Morgan fingerprint density at radius 3 is 0.826 bits per heavy atom. The summed E-state index contributed by atoms with van der Waals surface area (Å²) in [6.45, 7) is 2.11. The molecular formula is C41H76Cl2P2Ru+2. The van der Waals surface area contributed by atoms with Crippen molar-refractivity contribution in [3.8, 4) is 0 Å². The van der Waals surface area contributed by atoms with E-state index in [1.165, 1.54) is 34.0 Å². The van der Waals surface area contributed by atoms with E-state index in [2.05, 4.69) is 11.2 Å². The van der Waals surface area contributed by atoms with Gasteiger partial charge in [0, 0.05) is 15.8 Å². The fourth-order valence-electron chi connectivity index (χ4n) is 10.9. The minimum atomic E-state index is -1.60. The van der Waals surface area contributed by atoms with Gasteiger partial charge in [-0.25, -0.2) is 0 Å². The van der Waals surface area contributed by atoms with Gasteiger partial charge in [0.2, 0.25) is 0 Å². The molecule has 6 fully saturated rings. The molecule has 0 aromatic carbocycles.